The van der Waals surface area contributed by atoms with Gasteiger partial charge in [0, 0.05) is 12.5 Å². The highest BCUT2D eigenvalue weighted by Crippen LogP contribution is 2.29. The number of aromatic hydroxyl groups is 2. The molecule has 0 amide bonds. The average Bonchev–Trinajstić information content (AvgIpc) is 2.10. The van der Waals surface area contributed by atoms with Crippen LogP contribution in [0.1, 0.15) is 23.7 Å². The van der Waals surface area contributed by atoms with Gasteiger partial charge >= 0.3 is 0 Å². The van der Waals surface area contributed by atoms with Gasteiger partial charge in [0.15, 0.2) is 5.78 Å². The number of ketones is 1. The van der Waals surface area contributed by atoms with Crippen LogP contribution in [0.25, 0.3) is 0 Å². The van der Waals surface area contributed by atoms with Crippen molar-refractivity contribution in [1.82, 2.24) is 0 Å². The highest BCUT2D eigenvalue weighted by molar-refractivity contribution is 5.99. The van der Waals surface area contributed by atoms with Crippen LogP contribution in [0.4, 0.5) is 5.69 Å². The van der Waals surface area contributed by atoms with Gasteiger partial charge in [-0.3, -0.25) is 4.79 Å². The summed E-state index contributed by atoms with van der Waals surface area (Å²) in [5.74, 6) is -0.659. The van der Waals surface area contributed by atoms with Crippen molar-refractivity contribution < 1.29 is 15.0 Å². The number of carbonyl (C=O) groups excluding carboxylic acids is 1. The minimum Gasteiger partial charge on any atom is -0.507 e. The highest BCUT2D eigenvalue weighted by atomic mass is 16.3. The Kier molecular flexibility index (Phi) is 2.41. The standard InChI is InChI=1S/C9H11NO3/c1-2-7(11)5-3-6(10)9(13)4-8(5)12/h3-4,12-13H,2,10H2,1H3. The molecule has 4 heteroatoms. The molecule has 0 atom stereocenters. The van der Waals surface area contributed by atoms with E-state index in [1.165, 1.54) is 6.07 Å². The van der Waals surface area contributed by atoms with Crippen LogP contribution in [0.5, 0.6) is 11.5 Å². The fourth-order valence-electron chi connectivity index (χ4n) is 1.01. The summed E-state index contributed by atoms with van der Waals surface area (Å²) in [7, 11) is 0. The lowest BCUT2D eigenvalue weighted by molar-refractivity contribution is 0.0985. The van der Waals surface area contributed by atoms with Crippen LogP contribution in [0.2, 0.25) is 0 Å². The van der Waals surface area contributed by atoms with Crippen molar-refractivity contribution in [2.24, 2.45) is 0 Å². The van der Waals surface area contributed by atoms with Gasteiger partial charge in [-0.2, -0.15) is 0 Å². The average molecular weight is 181 g/mol. The molecule has 0 aliphatic carbocycles. The Labute approximate surface area is 75.6 Å². The van der Waals surface area contributed by atoms with E-state index < -0.39 is 0 Å². The summed E-state index contributed by atoms with van der Waals surface area (Å²) in [4.78, 5) is 11.2. The molecule has 0 saturated heterocycles. The maximum Gasteiger partial charge on any atom is 0.166 e. The molecule has 0 saturated carbocycles. The van der Waals surface area contributed by atoms with Gasteiger partial charge in [0.25, 0.3) is 0 Å². The fourth-order valence-corrected chi connectivity index (χ4v) is 1.01. The number of phenols is 2. The largest absolute Gasteiger partial charge is 0.507 e. The molecule has 1 rings (SSSR count). The van der Waals surface area contributed by atoms with Gasteiger partial charge in [-0.15, -0.1) is 0 Å². The van der Waals surface area contributed by atoms with E-state index in [2.05, 4.69) is 0 Å². The summed E-state index contributed by atoms with van der Waals surface area (Å²) in [5.41, 5.74) is 5.61. The van der Waals surface area contributed by atoms with Gasteiger partial charge in [0.1, 0.15) is 11.5 Å². The smallest absolute Gasteiger partial charge is 0.166 e. The van der Waals surface area contributed by atoms with Crippen LogP contribution in [0, 0.1) is 0 Å². The summed E-state index contributed by atoms with van der Waals surface area (Å²) >= 11 is 0. The van der Waals surface area contributed by atoms with Crippen molar-refractivity contribution in [3.05, 3.63) is 17.7 Å². The third kappa shape index (κ3) is 1.72. The number of anilines is 1. The summed E-state index contributed by atoms with van der Waals surface area (Å²) in [6, 6.07) is 2.34. The van der Waals surface area contributed by atoms with Crippen LogP contribution >= 0.6 is 0 Å². The lowest BCUT2D eigenvalue weighted by Crippen LogP contribution is -1.98. The van der Waals surface area contributed by atoms with Crippen LogP contribution in [-0.4, -0.2) is 16.0 Å². The molecule has 0 aromatic heterocycles. The molecule has 0 bridgehead atoms. The molecule has 4 nitrogen and oxygen atoms in total. The molecule has 0 spiro atoms. The van der Waals surface area contributed by atoms with Gasteiger partial charge in [0.05, 0.1) is 11.3 Å². The van der Waals surface area contributed by atoms with Crippen molar-refractivity contribution in [2.45, 2.75) is 13.3 Å². The fraction of sp³-hybridized carbons (Fsp3) is 0.222. The second-order valence-corrected chi connectivity index (χ2v) is 2.70. The molecule has 70 valence electrons. The van der Waals surface area contributed by atoms with E-state index in [4.69, 9.17) is 10.8 Å². The zero-order valence-electron chi connectivity index (χ0n) is 7.24. The van der Waals surface area contributed by atoms with Crippen molar-refractivity contribution in [2.75, 3.05) is 5.73 Å². The van der Waals surface area contributed by atoms with Gasteiger partial charge in [-0.25, -0.2) is 0 Å². The van der Waals surface area contributed by atoms with E-state index in [9.17, 15) is 9.90 Å². The first-order valence-corrected chi connectivity index (χ1v) is 3.91. The Morgan fingerprint density at radius 1 is 1.38 bits per heavy atom. The van der Waals surface area contributed by atoms with Crippen molar-refractivity contribution >= 4 is 11.5 Å². The number of hydrogen-bond acceptors (Lipinski definition) is 4. The van der Waals surface area contributed by atoms with Crippen LogP contribution in [0.3, 0.4) is 0 Å². The van der Waals surface area contributed by atoms with Crippen molar-refractivity contribution in [1.29, 1.82) is 0 Å². The molecule has 0 aliphatic rings. The third-order valence-corrected chi connectivity index (χ3v) is 1.77. The summed E-state index contributed by atoms with van der Waals surface area (Å²) in [6.07, 6.45) is 0.289. The zero-order chi connectivity index (χ0) is 10.0. The molecule has 0 fully saturated rings. The Hall–Kier alpha value is -1.71. The number of rotatable bonds is 2. The van der Waals surface area contributed by atoms with E-state index in [1.807, 2.05) is 0 Å². The predicted molar refractivity (Wildman–Crippen MR) is 48.8 cm³/mol. The zero-order valence-corrected chi connectivity index (χ0v) is 7.24. The number of Topliss-reactive ketones (excluding diaryl/α,β-unsaturated/α-hetero) is 1. The SMILES string of the molecule is CCC(=O)c1cc(N)c(O)cc1O. The van der Waals surface area contributed by atoms with Crippen LogP contribution < -0.4 is 5.73 Å². The Morgan fingerprint density at radius 2 is 2.00 bits per heavy atom. The van der Waals surface area contributed by atoms with Crippen molar-refractivity contribution in [3.63, 3.8) is 0 Å². The van der Waals surface area contributed by atoms with Gasteiger partial charge in [-0.1, -0.05) is 6.92 Å². The van der Waals surface area contributed by atoms with Crippen molar-refractivity contribution in [3.8, 4) is 11.5 Å². The summed E-state index contributed by atoms with van der Waals surface area (Å²) in [6.45, 7) is 1.69. The molecule has 13 heavy (non-hydrogen) atoms. The number of hydrogen-bond donors (Lipinski definition) is 3. The minimum atomic E-state index is -0.237. The number of phenolic OH excluding ortho intramolecular Hbond substituents is 2. The first-order chi connectivity index (χ1) is 6.06. The minimum absolute atomic E-state index is 0.0922. The third-order valence-electron chi connectivity index (χ3n) is 1.77. The molecule has 0 heterocycles. The summed E-state index contributed by atoms with van der Waals surface area (Å²) in [5, 5.41) is 18.4. The monoisotopic (exact) mass is 181 g/mol. The quantitative estimate of drug-likeness (QED) is 0.277. The lowest BCUT2D eigenvalue weighted by atomic mass is 10.1. The first kappa shape index (κ1) is 9.38. The predicted octanol–water partition coefficient (Wildman–Crippen LogP) is 1.27. The molecule has 1 aromatic rings. The van der Waals surface area contributed by atoms with Crippen LogP contribution in [-0.2, 0) is 0 Å². The number of benzene rings is 1. The number of nitrogen functional groups attached to an aromatic ring is 1. The second kappa shape index (κ2) is 3.35. The van der Waals surface area contributed by atoms with E-state index >= 15 is 0 Å². The molecule has 0 aliphatic heterocycles. The van der Waals surface area contributed by atoms with Gasteiger partial charge in [0.2, 0.25) is 0 Å². The van der Waals surface area contributed by atoms with Gasteiger partial charge in [-0.05, 0) is 6.07 Å². The normalized spacial score (nSPS) is 9.92. The topological polar surface area (TPSA) is 83.6 Å². The maximum atomic E-state index is 11.2. The first-order valence-electron chi connectivity index (χ1n) is 3.91. The van der Waals surface area contributed by atoms with Crippen LogP contribution in [0.15, 0.2) is 12.1 Å². The van der Waals surface area contributed by atoms with E-state index in [0.717, 1.165) is 6.07 Å². The Balaban J connectivity index is 3.23. The molecular formula is C9H11NO3. The summed E-state index contributed by atoms with van der Waals surface area (Å²) < 4.78 is 0. The number of carbonyl (C=O) groups is 1. The second-order valence-electron chi connectivity index (χ2n) is 2.70. The lowest BCUT2D eigenvalue weighted by Gasteiger charge is -2.04. The molecule has 0 unspecified atom stereocenters. The molecule has 0 radical (unpaired) electrons. The van der Waals surface area contributed by atoms with E-state index in [0.29, 0.717) is 0 Å². The highest BCUT2D eigenvalue weighted by Gasteiger charge is 2.11. The Morgan fingerprint density at radius 3 is 2.54 bits per heavy atom. The molecule has 1 aromatic carbocycles. The van der Waals surface area contributed by atoms with E-state index in [1.54, 1.807) is 6.92 Å². The van der Waals surface area contributed by atoms with Gasteiger partial charge < -0.3 is 15.9 Å². The molecular weight excluding hydrogens is 170 g/mol. The maximum absolute atomic E-state index is 11.2. The Bertz CT molecular complexity index is 347. The van der Waals surface area contributed by atoms with E-state index in [-0.39, 0.29) is 35.0 Å². The number of nitrogens with two attached hydrogens (primary N) is 1. The molecule has 4 N–H and O–H groups in total.